The molecule has 0 aliphatic rings. The van der Waals surface area contributed by atoms with Gasteiger partial charge in [-0.1, -0.05) is 83.4 Å². The van der Waals surface area contributed by atoms with E-state index in [-0.39, 0.29) is 30.8 Å². The molecule has 1 N–H and O–H groups in total. The highest BCUT2D eigenvalue weighted by molar-refractivity contribution is 6.36. The number of nitrogens with zero attached hydrogens (tertiary/aromatic N) is 1. The third-order valence-corrected chi connectivity index (χ3v) is 6.65. The van der Waals surface area contributed by atoms with Crippen LogP contribution >= 0.6 is 23.2 Å². The highest BCUT2D eigenvalue weighted by Gasteiger charge is 2.31. The summed E-state index contributed by atoms with van der Waals surface area (Å²) in [4.78, 5) is 29.0. The highest BCUT2D eigenvalue weighted by atomic mass is 35.5. The van der Waals surface area contributed by atoms with Crippen LogP contribution in [0.3, 0.4) is 0 Å². The molecule has 0 heterocycles. The maximum absolute atomic E-state index is 13.9. The standard InChI is InChI=1S/C29H32Cl2N2O2/c1-19(2)32-29(35)27(16-22-9-6-5-7-10-22)33(18-24-25(30)11-8-12-26(24)31)28(34)17-23-15-20(3)13-14-21(23)4/h5-15,19,27H,16-18H2,1-4H3,(H,32,35). The molecule has 0 aliphatic carbocycles. The van der Waals surface area contributed by atoms with Crippen molar-refractivity contribution in [2.24, 2.45) is 0 Å². The quantitative estimate of drug-likeness (QED) is 0.366. The first-order chi connectivity index (χ1) is 16.7. The van der Waals surface area contributed by atoms with Crippen molar-refractivity contribution in [3.63, 3.8) is 0 Å². The van der Waals surface area contributed by atoms with Gasteiger partial charge in [0.25, 0.3) is 0 Å². The van der Waals surface area contributed by atoms with Crippen molar-refractivity contribution in [1.82, 2.24) is 10.2 Å². The van der Waals surface area contributed by atoms with Crippen molar-refractivity contribution in [3.8, 4) is 0 Å². The summed E-state index contributed by atoms with van der Waals surface area (Å²) in [6, 6.07) is 20.2. The van der Waals surface area contributed by atoms with Gasteiger partial charge in [0.05, 0.1) is 6.42 Å². The molecule has 6 heteroatoms. The first-order valence-corrected chi connectivity index (χ1v) is 12.5. The Morgan fingerprint density at radius 1 is 0.914 bits per heavy atom. The lowest BCUT2D eigenvalue weighted by molar-refractivity contribution is -0.141. The van der Waals surface area contributed by atoms with Crippen LogP contribution in [0.15, 0.2) is 66.7 Å². The van der Waals surface area contributed by atoms with Gasteiger partial charge in [0.1, 0.15) is 6.04 Å². The highest BCUT2D eigenvalue weighted by Crippen LogP contribution is 2.28. The van der Waals surface area contributed by atoms with Crippen LogP contribution in [-0.4, -0.2) is 28.8 Å². The number of halogens is 2. The zero-order valence-electron chi connectivity index (χ0n) is 20.6. The Morgan fingerprint density at radius 3 is 2.20 bits per heavy atom. The predicted octanol–water partition coefficient (Wildman–Crippen LogP) is 6.32. The number of hydrogen-bond donors (Lipinski definition) is 1. The second-order valence-corrected chi connectivity index (χ2v) is 10.0. The molecule has 3 rings (SSSR count). The summed E-state index contributed by atoms with van der Waals surface area (Å²) >= 11 is 13.0. The molecular formula is C29H32Cl2N2O2. The fourth-order valence-electron chi connectivity index (χ4n) is 4.04. The topological polar surface area (TPSA) is 49.4 Å². The van der Waals surface area contributed by atoms with Crippen molar-refractivity contribution in [2.75, 3.05) is 0 Å². The molecule has 0 saturated heterocycles. The molecule has 184 valence electrons. The van der Waals surface area contributed by atoms with E-state index in [0.29, 0.717) is 22.0 Å². The van der Waals surface area contributed by atoms with Crippen LogP contribution in [-0.2, 0) is 29.0 Å². The van der Waals surface area contributed by atoms with E-state index in [1.54, 1.807) is 23.1 Å². The monoisotopic (exact) mass is 510 g/mol. The van der Waals surface area contributed by atoms with Crippen molar-refractivity contribution < 1.29 is 9.59 Å². The number of amides is 2. The molecule has 3 aromatic rings. The van der Waals surface area contributed by atoms with Crippen molar-refractivity contribution in [1.29, 1.82) is 0 Å². The molecular weight excluding hydrogens is 479 g/mol. The van der Waals surface area contributed by atoms with Gasteiger partial charge in [0.2, 0.25) is 11.8 Å². The summed E-state index contributed by atoms with van der Waals surface area (Å²) in [6.07, 6.45) is 0.551. The van der Waals surface area contributed by atoms with Gasteiger partial charge in [-0.05, 0) is 56.5 Å². The molecule has 3 aromatic carbocycles. The largest absolute Gasteiger partial charge is 0.352 e. The van der Waals surface area contributed by atoms with E-state index in [2.05, 4.69) is 5.32 Å². The van der Waals surface area contributed by atoms with E-state index in [0.717, 1.165) is 22.3 Å². The zero-order valence-corrected chi connectivity index (χ0v) is 22.2. The molecule has 1 unspecified atom stereocenters. The first-order valence-electron chi connectivity index (χ1n) is 11.8. The van der Waals surface area contributed by atoms with Crippen LogP contribution in [0.1, 0.15) is 41.7 Å². The fraction of sp³-hybridized carbons (Fsp3) is 0.310. The van der Waals surface area contributed by atoms with E-state index in [4.69, 9.17) is 23.2 Å². The maximum Gasteiger partial charge on any atom is 0.243 e. The van der Waals surface area contributed by atoms with E-state index in [1.165, 1.54) is 0 Å². The smallest absolute Gasteiger partial charge is 0.243 e. The van der Waals surface area contributed by atoms with Crippen LogP contribution in [0.5, 0.6) is 0 Å². The van der Waals surface area contributed by atoms with Gasteiger partial charge in [0.15, 0.2) is 0 Å². The molecule has 0 saturated carbocycles. The summed E-state index contributed by atoms with van der Waals surface area (Å²) in [5.41, 5.74) is 4.64. The summed E-state index contributed by atoms with van der Waals surface area (Å²) in [6.45, 7) is 7.94. The molecule has 0 radical (unpaired) electrons. The lowest BCUT2D eigenvalue weighted by Gasteiger charge is -2.33. The maximum atomic E-state index is 13.9. The minimum atomic E-state index is -0.732. The Hall–Kier alpha value is -2.82. The average molecular weight is 511 g/mol. The van der Waals surface area contributed by atoms with Crippen molar-refractivity contribution in [3.05, 3.63) is 105 Å². The van der Waals surface area contributed by atoms with Crippen LogP contribution in [0.2, 0.25) is 10.0 Å². The normalized spacial score (nSPS) is 11.9. The van der Waals surface area contributed by atoms with Crippen LogP contribution < -0.4 is 5.32 Å². The number of carbonyl (C=O) groups is 2. The van der Waals surface area contributed by atoms with Gasteiger partial charge in [-0.2, -0.15) is 0 Å². The van der Waals surface area contributed by atoms with E-state index >= 15 is 0 Å². The zero-order chi connectivity index (χ0) is 25.5. The lowest BCUT2D eigenvalue weighted by Crippen LogP contribution is -2.52. The van der Waals surface area contributed by atoms with Gasteiger partial charge in [0, 0.05) is 34.6 Å². The van der Waals surface area contributed by atoms with Crippen molar-refractivity contribution >= 4 is 35.0 Å². The van der Waals surface area contributed by atoms with Crippen LogP contribution in [0.4, 0.5) is 0 Å². The minimum absolute atomic E-state index is 0.0688. The number of carbonyl (C=O) groups excluding carboxylic acids is 2. The molecule has 1 atom stereocenters. The number of benzene rings is 3. The summed E-state index contributed by atoms with van der Waals surface area (Å²) in [7, 11) is 0. The average Bonchev–Trinajstić information content (AvgIpc) is 2.80. The molecule has 4 nitrogen and oxygen atoms in total. The molecule has 0 spiro atoms. The van der Waals surface area contributed by atoms with Gasteiger partial charge in [-0.3, -0.25) is 9.59 Å². The third kappa shape index (κ3) is 7.33. The summed E-state index contributed by atoms with van der Waals surface area (Å²) in [5, 5.41) is 3.92. The summed E-state index contributed by atoms with van der Waals surface area (Å²) < 4.78 is 0. The first kappa shape index (κ1) is 26.8. The Labute approximate surface area is 218 Å². The van der Waals surface area contributed by atoms with E-state index in [1.807, 2.05) is 76.2 Å². The SMILES string of the molecule is Cc1ccc(C)c(CC(=O)N(Cc2c(Cl)cccc2Cl)C(Cc2ccccc2)C(=O)NC(C)C)c1. The molecule has 0 aliphatic heterocycles. The Morgan fingerprint density at radius 2 is 1.57 bits per heavy atom. The Bertz CT molecular complexity index is 1160. The van der Waals surface area contributed by atoms with Gasteiger partial charge >= 0.3 is 0 Å². The van der Waals surface area contributed by atoms with Crippen LogP contribution in [0, 0.1) is 13.8 Å². The number of hydrogen-bond acceptors (Lipinski definition) is 2. The van der Waals surface area contributed by atoms with Crippen molar-refractivity contribution in [2.45, 2.75) is 59.2 Å². The van der Waals surface area contributed by atoms with E-state index in [9.17, 15) is 9.59 Å². The molecule has 0 bridgehead atoms. The Kier molecular flexibility index (Phi) is 9.36. The molecule has 35 heavy (non-hydrogen) atoms. The number of rotatable bonds is 9. The second-order valence-electron chi connectivity index (χ2n) is 9.20. The van der Waals surface area contributed by atoms with Crippen LogP contribution in [0.25, 0.3) is 0 Å². The van der Waals surface area contributed by atoms with Gasteiger partial charge in [-0.25, -0.2) is 0 Å². The van der Waals surface area contributed by atoms with Gasteiger partial charge < -0.3 is 10.2 Å². The molecule has 0 fully saturated rings. The Balaban J connectivity index is 2.05. The van der Waals surface area contributed by atoms with E-state index < -0.39 is 6.04 Å². The second kappa shape index (κ2) is 12.2. The number of aryl methyl sites for hydroxylation is 2. The number of nitrogens with one attached hydrogen (secondary N) is 1. The van der Waals surface area contributed by atoms with Gasteiger partial charge in [-0.15, -0.1) is 0 Å². The predicted molar refractivity (Wildman–Crippen MR) is 144 cm³/mol. The molecule has 2 amide bonds. The molecule has 0 aromatic heterocycles. The summed E-state index contributed by atoms with van der Waals surface area (Å²) in [5.74, 6) is -0.365. The fourth-order valence-corrected chi connectivity index (χ4v) is 4.56. The lowest BCUT2D eigenvalue weighted by atomic mass is 9.99. The minimum Gasteiger partial charge on any atom is -0.352 e. The third-order valence-electron chi connectivity index (χ3n) is 5.94.